The first-order chi connectivity index (χ1) is 11.7. The topological polar surface area (TPSA) is 26.3 Å². The third kappa shape index (κ3) is 8.80. The van der Waals surface area contributed by atoms with Crippen molar-refractivity contribution in [2.45, 2.75) is 72.6 Å². The lowest BCUT2D eigenvalue weighted by Crippen LogP contribution is -2.16. The van der Waals surface area contributed by atoms with Crippen molar-refractivity contribution >= 4 is 18.6 Å². The van der Waals surface area contributed by atoms with Crippen LogP contribution in [0.4, 0.5) is 0 Å². The highest BCUT2D eigenvalue weighted by atomic mass is 32.1. The molecule has 0 aliphatic rings. The van der Waals surface area contributed by atoms with Crippen molar-refractivity contribution < 1.29 is 9.53 Å². The molecule has 1 unspecified atom stereocenters. The second kappa shape index (κ2) is 10.9. The zero-order valence-corrected chi connectivity index (χ0v) is 17.6. The summed E-state index contributed by atoms with van der Waals surface area (Å²) in [5, 5.41) is 0. The van der Waals surface area contributed by atoms with E-state index in [4.69, 9.17) is 4.74 Å². The number of unbranched alkanes of at least 4 members (excludes halogenated alkanes) is 3. The van der Waals surface area contributed by atoms with Crippen molar-refractivity contribution in [1.29, 1.82) is 0 Å². The summed E-state index contributed by atoms with van der Waals surface area (Å²) in [4.78, 5) is 12.1. The quantitative estimate of drug-likeness (QED) is 0.291. The van der Waals surface area contributed by atoms with Crippen LogP contribution in [0.25, 0.3) is 0 Å². The summed E-state index contributed by atoms with van der Waals surface area (Å²) < 4.78 is 5.38. The van der Waals surface area contributed by atoms with Crippen molar-refractivity contribution in [3.8, 4) is 0 Å². The normalized spacial score (nSPS) is 13.1. The van der Waals surface area contributed by atoms with E-state index in [-0.39, 0.29) is 5.97 Å². The Morgan fingerprint density at radius 1 is 1.04 bits per heavy atom. The second-order valence-corrected chi connectivity index (χ2v) is 8.96. The summed E-state index contributed by atoms with van der Waals surface area (Å²) in [5.74, 6) is 1.81. The van der Waals surface area contributed by atoms with E-state index in [0.29, 0.717) is 29.4 Å². The fourth-order valence-corrected chi connectivity index (χ4v) is 3.30. The average molecular weight is 365 g/mol. The van der Waals surface area contributed by atoms with E-state index in [1.54, 1.807) is 0 Å². The van der Waals surface area contributed by atoms with Crippen LogP contribution in [0.1, 0.15) is 88.6 Å². The van der Waals surface area contributed by atoms with E-state index >= 15 is 0 Å². The van der Waals surface area contributed by atoms with Crippen LogP contribution in [0.5, 0.6) is 0 Å². The molecule has 1 atom stereocenters. The van der Waals surface area contributed by atoms with Crippen molar-refractivity contribution in [2.24, 2.45) is 11.3 Å². The molecule has 25 heavy (non-hydrogen) atoms. The molecule has 0 aromatic heterocycles. The van der Waals surface area contributed by atoms with Crippen LogP contribution in [0.2, 0.25) is 0 Å². The van der Waals surface area contributed by atoms with Gasteiger partial charge in [0.15, 0.2) is 0 Å². The van der Waals surface area contributed by atoms with E-state index in [1.165, 1.54) is 5.56 Å². The van der Waals surface area contributed by atoms with Crippen molar-refractivity contribution in [3.63, 3.8) is 0 Å². The van der Waals surface area contributed by atoms with Gasteiger partial charge in [0.1, 0.15) is 0 Å². The second-order valence-electron chi connectivity index (χ2n) is 8.51. The largest absolute Gasteiger partial charge is 0.462 e. The molecule has 1 rings (SSSR count). The predicted molar refractivity (Wildman–Crippen MR) is 111 cm³/mol. The Morgan fingerprint density at radius 3 is 2.16 bits per heavy atom. The van der Waals surface area contributed by atoms with Crippen LogP contribution in [0, 0.1) is 11.3 Å². The maximum Gasteiger partial charge on any atom is 0.338 e. The van der Waals surface area contributed by atoms with Gasteiger partial charge in [-0.15, -0.1) is 0 Å². The van der Waals surface area contributed by atoms with Gasteiger partial charge in [0.25, 0.3) is 0 Å². The van der Waals surface area contributed by atoms with Crippen LogP contribution in [0.15, 0.2) is 24.3 Å². The van der Waals surface area contributed by atoms with Gasteiger partial charge in [-0.2, -0.15) is 12.6 Å². The summed E-state index contributed by atoms with van der Waals surface area (Å²) in [6.07, 6.45) is 5.44. The maximum atomic E-state index is 12.1. The number of esters is 1. The maximum absolute atomic E-state index is 12.1. The first-order valence-electron chi connectivity index (χ1n) is 9.62. The lowest BCUT2D eigenvalue weighted by Gasteiger charge is -2.29. The molecule has 0 heterocycles. The number of rotatable bonds is 10. The van der Waals surface area contributed by atoms with Crippen molar-refractivity contribution in [1.82, 2.24) is 0 Å². The third-order valence-corrected chi connectivity index (χ3v) is 4.81. The van der Waals surface area contributed by atoms with E-state index in [1.807, 2.05) is 12.1 Å². The molecule has 0 saturated carbocycles. The molecule has 0 N–H and O–H groups in total. The Bertz CT molecular complexity index is 500. The zero-order valence-electron chi connectivity index (χ0n) is 16.7. The minimum atomic E-state index is -0.210. The Kier molecular flexibility index (Phi) is 9.63. The molecule has 0 bridgehead atoms. The minimum Gasteiger partial charge on any atom is -0.462 e. The van der Waals surface area contributed by atoms with Gasteiger partial charge < -0.3 is 4.74 Å². The lowest BCUT2D eigenvalue weighted by molar-refractivity contribution is 0.0498. The van der Waals surface area contributed by atoms with Gasteiger partial charge in [-0.25, -0.2) is 4.79 Å². The SMILES string of the molecule is CC(C)C(CC(C)(C)C)c1ccc(C(=O)OCCCCCCS)cc1. The van der Waals surface area contributed by atoms with Crippen molar-refractivity contribution in [2.75, 3.05) is 12.4 Å². The number of carbonyl (C=O) groups is 1. The molecule has 2 nitrogen and oxygen atoms in total. The predicted octanol–water partition coefficient (Wildman–Crippen LogP) is 6.51. The van der Waals surface area contributed by atoms with Crippen LogP contribution in [0.3, 0.4) is 0 Å². The summed E-state index contributed by atoms with van der Waals surface area (Å²) in [7, 11) is 0. The van der Waals surface area contributed by atoms with Crippen molar-refractivity contribution in [3.05, 3.63) is 35.4 Å². The molecule has 0 aliphatic carbocycles. The Hall–Kier alpha value is -0.960. The molecule has 0 spiro atoms. The Morgan fingerprint density at radius 2 is 1.64 bits per heavy atom. The van der Waals surface area contributed by atoms with Gasteiger partial charge in [0.2, 0.25) is 0 Å². The van der Waals surface area contributed by atoms with E-state index in [2.05, 4.69) is 59.4 Å². The van der Waals surface area contributed by atoms with Gasteiger partial charge in [-0.05, 0) is 60.0 Å². The summed E-state index contributed by atoms with van der Waals surface area (Å²) in [5.41, 5.74) is 2.25. The Balaban J connectivity index is 2.57. The standard InChI is InChI=1S/C22H36O2S/c1-17(2)20(16-22(3,4)5)18-10-12-19(13-11-18)21(23)24-14-8-6-7-9-15-25/h10-13,17,20,25H,6-9,14-16H2,1-5H3. The van der Waals surface area contributed by atoms with Crippen LogP contribution < -0.4 is 0 Å². The fourth-order valence-electron chi connectivity index (χ4n) is 3.08. The zero-order chi connectivity index (χ0) is 18.9. The highest BCUT2D eigenvalue weighted by molar-refractivity contribution is 7.80. The van der Waals surface area contributed by atoms with Crippen LogP contribution in [-0.4, -0.2) is 18.3 Å². The van der Waals surface area contributed by atoms with Crippen LogP contribution >= 0.6 is 12.6 Å². The number of hydrogen-bond donors (Lipinski definition) is 1. The monoisotopic (exact) mass is 364 g/mol. The van der Waals surface area contributed by atoms with E-state index in [9.17, 15) is 4.79 Å². The Labute approximate surface area is 160 Å². The molecular formula is C22H36O2S. The molecule has 0 amide bonds. The molecule has 0 saturated heterocycles. The van der Waals surface area contributed by atoms with Crippen LogP contribution in [-0.2, 0) is 4.74 Å². The lowest BCUT2D eigenvalue weighted by atomic mass is 9.76. The van der Waals surface area contributed by atoms with Gasteiger partial charge in [-0.3, -0.25) is 0 Å². The number of benzene rings is 1. The summed E-state index contributed by atoms with van der Waals surface area (Å²) in [6, 6.07) is 8.02. The molecule has 0 radical (unpaired) electrons. The minimum absolute atomic E-state index is 0.210. The first-order valence-corrected chi connectivity index (χ1v) is 10.3. The molecule has 1 aromatic carbocycles. The first kappa shape index (κ1) is 22.1. The molecule has 142 valence electrons. The summed E-state index contributed by atoms with van der Waals surface area (Å²) >= 11 is 4.20. The number of carbonyl (C=O) groups excluding carboxylic acids is 1. The third-order valence-electron chi connectivity index (χ3n) is 4.50. The fraction of sp³-hybridized carbons (Fsp3) is 0.682. The summed E-state index contributed by atoms with van der Waals surface area (Å²) in [6.45, 7) is 11.9. The highest BCUT2D eigenvalue weighted by Gasteiger charge is 2.23. The average Bonchev–Trinajstić information content (AvgIpc) is 2.55. The molecule has 0 fully saturated rings. The van der Waals surface area contributed by atoms with Gasteiger partial charge in [-0.1, -0.05) is 59.6 Å². The smallest absolute Gasteiger partial charge is 0.338 e. The number of ether oxygens (including phenoxy) is 1. The molecule has 0 aliphatic heterocycles. The van der Waals surface area contributed by atoms with E-state index in [0.717, 1.165) is 37.9 Å². The van der Waals surface area contributed by atoms with Gasteiger partial charge in [0.05, 0.1) is 12.2 Å². The number of hydrogen-bond acceptors (Lipinski definition) is 3. The van der Waals surface area contributed by atoms with Gasteiger partial charge >= 0.3 is 5.97 Å². The van der Waals surface area contributed by atoms with E-state index < -0.39 is 0 Å². The highest BCUT2D eigenvalue weighted by Crippen LogP contribution is 2.36. The number of thiol groups is 1. The molecule has 1 aromatic rings. The molecular weight excluding hydrogens is 328 g/mol. The van der Waals surface area contributed by atoms with Gasteiger partial charge in [0, 0.05) is 0 Å². The molecule has 3 heteroatoms.